The van der Waals surface area contributed by atoms with Crippen LogP contribution < -0.4 is 5.32 Å². The lowest BCUT2D eigenvalue weighted by molar-refractivity contribution is 0.174. The quantitative estimate of drug-likeness (QED) is 0.674. The van der Waals surface area contributed by atoms with Crippen LogP contribution in [0.4, 0.5) is 0 Å². The van der Waals surface area contributed by atoms with E-state index < -0.39 is 0 Å². The summed E-state index contributed by atoms with van der Waals surface area (Å²) >= 11 is 0. The number of rotatable bonds is 9. The van der Waals surface area contributed by atoms with Crippen LogP contribution in [0, 0.1) is 11.8 Å². The number of aliphatic hydroxyl groups excluding tert-OH is 1. The molecule has 0 aliphatic heterocycles. The lowest BCUT2D eigenvalue weighted by Crippen LogP contribution is -2.22. The fourth-order valence-corrected chi connectivity index (χ4v) is 2.63. The Bertz CT molecular complexity index is 381. The minimum atomic E-state index is -0.385. The highest BCUT2D eigenvalue weighted by atomic mass is 16.3. The highest BCUT2D eigenvalue weighted by molar-refractivity contribution is 5.24. The number of hydrogen-bond acceptors (Lipinski definition) is 2. The summed E-state index contributed by atoms with van der Waals surface area (Å²) in [6.45, 7) is 6.15. The molecule has 2 heteroatoms. The van der Waals surface area contributed by atoms with Crippen molar-refractivity contribution in [2.75, 3.05) is 13.1 Å². The van der Waals surface area contributed by atoms with Crippen molar-refractivity contribution < 1.29 is 5.11 Å². The zero-order chi connectivity index (χ0) is 14.4. The maximum atomic E-state index is 10.2. The molecular weight excluding hydrogens is 246 g/mol. The smallest absolute Gasteiger partial charge is 0.0914 e. The molecule has 1 saturated carbocycles. The van der Waals surface area contributed by atoms with E-state index in [-0.39, 0.29) is 6.10 Å². The molecule has 0 saturated heterocycles. The minimum Gasteiger partial charge on any atom is -0.387 e. The molecule has 2 rings (SSSR count). The molecular formula is C18H29NO. The zero-order valence-corrected chi connectivity index (χ0v) is 12.9. The van der Waals surface area contributed by atoms with Crippen molar-refractivity contribution in [3.63, 3.8) is 0 Å². The SMILES string of the molecule is CC(C)Cc1ccc(C(O)CNCCCC2CC2)cc1. The number of benzene rings is 1. The number of nitrogens with one attached hydrogen (secondary N) is 1. The summed E-state index contributed by atoms with van der Waals surface area (Å²) in [6, 6.07) is 8.42. The molecule has 1 unspecified atom stereocenters. The van der Waals surface area contributed by atoms with E-state index in [2.05, 4.69) is 43.4 Å². The molecule has 2 N–H and O–H groups in total. The maximum absolute atomic E-state index is 10.2. The van der Waals surface area contributed by atoms with Gasteiger partial charge in [0.2, 0.25) is 0 Å². The fourth-order valence-electron chi connectivity index (χ4n) is 2.63. The van der Waals surface area contributed by atoms with Crippen molar-refractivity contribution in [3.8, 4) is 0 Å². The second kappa shape index (κ2) is 7.80. The molecule has 1 fully saturated rings. The zero-order valence-electron chi connectivity index (χ0n) is 12.9. The van der Waals surface area contributed by atoms with Gasteiger partial charge in [0.1, 0.15) is 0 Å². The molecule has 1 aliphatic rings. The Balaban J connectivity index is 1.66. The van der Waals surface area contributed by atoms with Crippen molar-refractivity contribution in [1.29, 1.82) is 0 Å². The fraction of sp³-hybridized carbons (Fsp3) is 0.667. The second-order valence-electron chi connectivity index (χ2n) is 6.65. The average Bonchev–Trinajstić information content (AvgIpc) is 3.22. The van der Waals surface area contributed by atoms with Crippen LogP contribution in [0.5, 0.6) is 0 Å². The molecule has 0 heterocycles. The van der Waals surface area contributed by atoms with Gasteiger partial charge < -0.3 is 10.4 Å². The molecule has 1 atom stereocenters. The first-order valence-corrected chi connectivity index (χ1v) is 8.12. The topological polar surface area (TPSA) is 32.3 Å². The summed E-state index contributed by atoms with van der Waals surface area (Å²) in [7, 11) is 0. The molecule has 0 bridgehead atoms. The number of aliphatic hydroxyl groups is 1. The minimum absolute atomic E-state index is 0.385. The van der Waals surface area contributed by atoms with Gasteiger partial charge >= 0.3 is 0 Å². The van der Waals surface area contributed by atoms with Crippen molar-refractivity contribution in [2.45, 2.75) is 52.1 Å². The van der Waals surface area contributed by atoms with Gasteiger partial charge in [-0.25, -0.2) is 0 Å². The third kappa shape index (κ3) is 5.64. The Morgan fingerprint density at radius 3 is 2.50 bits per heavy atom. The van der Waals surface area contributed by atoms with E-state index >= 15 is 0 Å². The Hall–Kier alpha value is -0.860. The van der Waals surface area contributed by atoms with E-state index in [0.29, 0.717) is 12.5 Å². The summed E-state index contributed by atoms with van der Waals surface area (Å²) in [5, 5.41) is 13.5. The molecule has 0 spiro atoms. The van der Waals surface area contributed by atoms with Gasteiger partial charge in [-0.3, -0.25) is 0 Å². The first-order chi connectivity index (χ1) is 9.65. The molecule has 20 heavy (non-hydrogen) atoms. The van der Waals surface area contributed by atoms with Crippen LogP contribution in [0.15, 0.2) is 24.3 Å². The average molecular weight is 275 g/mol. The van der Waals surface area contributed by atoms with Gasteiger partial charge in [-0.2, -0.15) is 0 Å². The van der Waals surface area contributed by atoms with E-state index in [1.807, 2.05) is 0 Å². The van der Waals surface area contributed by atoms with Crippen LogP contribution in [0.3, 0.4) is 0 Å². The van der Waals surface area contributed by atoms with E-state index in [4.69, 9.17) is 0 Å². The van der Waals surface area contributed by atoms with Gasteiger partial charge in [-0.05, 0) is 48.8 Å². The molecule has 0 radical (unpaired) electrons. The van der Waals surface area contributed by atoms with Gasteiger partial charge in [-0.15, -0.1) is 0 Å². The summed E-state index contributed by atoms with van der Waals surface area (Å²) in [5.41, 5.74) is 2.38. The van der Waals surface area contributed by atoms with E-state index in [9.17, 15) is 5.11 Å². The Morgan fingerprint density at radius 2 is 1.90 bits per heavy atom. The first kappa shape index (κ1) is 15.5. The molecule has 1 aromatic rings. The second-order valence-corrected chi connectivity index (χ2v) is 6.65. The third-order valence-corrected chi connectivity index (χ3v) is 4.01. The maximum Gasteiger partial charge on any atom is 0.0914 e. The van der Waals surface area contributed by atoms with Crippen molar-refractivity contribution in [3.05, 3.63) is 35.4 Å². The van der Waals surface area contributed by atoms with Crippen molar-refractivity contribution in [1.82, 2.24) is 5.32 Å². The predicted octanol–water partition coefficient (Wildman–Crippen LogP) is 3.70. The van der Waals surface area contributed by atoms with Gasteiger partial charge in [0.05, 0.1) is 6.10 Å². The Morgan fingerprint density at radius 1 is 1.20 bits per heavy atom. The Labute approximate surface area is 123 Å². The lowest BCUT2D eigenvalue weighted by atomic mass is 10.0. The highest BCUT2D eigenvalue weighted by Gasteiger charge is 2.19. The molecule has 0 aromatic heterocycles. The summed E-state index contributed by atoms with van der Waals surface area (Å²) in [6.07, 6.45) is 6.19. The monoisotopic (exact) mass is 275 g/mol. The predicted molar refractivity (Wildman–Crippen MR) is 84.8 cm³/mol. The molecule has 2 nitrogen and oxygen atoms in total. The summed E-state index contributed by atoms with van der Waals surface area (Å²) in [4.78, 5) is 0. The van der Waals surface area contributed by atoms with E-state index in [1.165, 1.54) is 31.2 Å². The molecule has 1 aliphatic carbocycles. The molecule has 0 amide bonds. The van der Waals surface area contributed by atoms with Crippen LogP contribution in [-0.2, 0) is 6.42 Å². The highest BCUT2D eigenvalue weighted by Crippen LogP contribution is 2.33. The lowest BCUT2D eigenvalue weighted by Gasteiger charge is -2.13. The van der Waals surface area contributed by atoms with Crippen molar-refractivity contribution >= 4 is 0 Å². The normalized spacial score (nSPS) is 16.6. The van der Waals surface area contributed by atoms with Gasteiger partial charge in [0.25, 0.3) is 0 Å². The van der Waals surface area contributed by atoms with E-state index in [0.717, 1.165) is 24.4 Å². The summed E-state index contributed by atoms with van der Waals surface area (Å²) < 4.78 is 0. The van der Waals surface area contributed by atoms with Crippen LogP contribution in [0.2, 0.25) is 0 Å². The molecule has 1 aromatic carbocycles. The van der Waals surface area contributed by atoms with Crippen LogP contribution in [0.1, 0.15) is 56.8 Å². The van der Waals surface area contributed by atoms with Crippen LogP contribution in [0.25, 0.3) is 0 Å². The van der Waals surface area contributed by atoms with Crippen LogP contribution in [-0.4, -0.2) is 18.2 Å². The largest absolute Gasteiger partial charge is 0.387 e. The van der Waals surface area contributed by atoms with Crippen LogP contribution >= 0.6 is 0 Å². The van der Waals surface area contributed by atoms with Crippen molar-refractivity contribution in [2.24, 2.45) is 11.8 Å². The van der Waals surface area contributed by atoms with Gasteiger partial charge in [0, 0.05) is 6.54 Å². The first-order valence-electron chi connectivity index (χ1n) is 8.12. The third-order valence-electron chi connectivity index (χ3n) is 4.01. The number of hydrogen-bond donors (Lipinski definition) is 2. The Kier molecular flexibility index (Phi) is 6.06. The standard InChI is InChI=1S/C18H29NO/c1-14(2)12-16-7-9-17(10-8-16)18(20)13-19-11-3-4-15-5-6-15/h7-10,14-15,18-20H,3-6,11-13H2,1-2H3. The van der Waals surface area contributed by atoms with E-state index in [1.54, 1.807) is 0 Å². The van der Waals surface area contributed by atoms with Gasteiger partial charge in [0.15, 0.2) is 0 Å². The molecule has 112 valence electrons. The summed E-state index contributed by atoms with van der Waals surface area (Å²) in [5.74, 6) is 1.69. The van der Waals surface area contributed by atoms with Gasteiger partial charge in [-0.1, -0.05) is 51.0 Å².